The quantitative estimate of drug-likeness (QED) is 0.282. The smallest absolute Gasteiger partial charge is 0.264 e. The Balaban J connectivity index is 1.37. The number of nitrogens with zero attached hydrogens (tertiary/aromatic N) is 3. The Labute approximate surface area is 239 Å². The number of hydrogen-bond donors (Lipinski definition) is 1. The minimum absolute atomic E-state index is 0.0158. The molecule has 1 aliphatic heterocycles. The predicted molar refractivity (Wildman–Crippen MR) is 155 cm³/mol. The van der Waals surface area contributed by atoms with Crippen molar-refractivity contribution in [2.45, 2.75) is 31.1 Å². The number of anilines is 1. The Bertz CT molecular complexity index is 1450. The molecule has 210 valence electrons. The minimum atomic E-state index is -4.06. The number of hydrogen-bond acceptors (Lipinski definition) is 6. The molecule has 1 heterocycles. The molecule has 3 aromatic rings. The summed E-state index contributed by atoms with van der Waals surface area (Å²) in [6, 6.07) is 19.5. The van der Waals surface area contributed by atoms with Gasteiger partial charge >= 0.3 is 0 Å². The lowest BCUT2D eigenvalue weighted by molar-refractivity contribution is -0.134. The number of nitrogens with one attached hydrogen (secondary N) is 1. The van der Waals surface area contributed by atoms with Crippen molar-refractivity contribution in [1.82, 2.24) is 10.3 Å². The van der Waals surface area contributed by atoms with E-state index < -0.39 is 22.5 Å². The third kappa shape index (κ3) is 7.83. The summed E-state index contributed by atoms with van der Waals surface area (Å²) < 4.78 is 33.5. The van der Waals surface area contributed by atoms with Gasteiger partial charge in [0.15, 0.2) is 6.61 Å². The van der Waals surface area contributed by atoms with E-state index in [2.05, 4.69) is 10.5 Å². The summed E-state index contributed by atoms with van der Waals surface area (Å²) in [5, 5.41) is 4.30. The van der Waals surface area contributed by atoms with Crippen molar-refractivity contribution in [2.75, 3.05) is 30.5 Å². The number of piperidine rings is 1. The highest BCUT2D eigenvalue weighted by Crippen LogP contribution is 2.26. The van der Waals surface area contributed by atoms with E-state index in [0.717, 1.165) is 42.2 Å². The lowest BCUT2D eigenvalue weighted by atomic mass is 10.1. The molecule has 11 heteroatoms. The first-order valence-electron chi connectivity index (χ1n) is 12.9. The van der Waals surface area contributed by atoms with Crippen LogP contribution in [0.2, 0.25) is 5.02 Å². The molecule has 0 saturated carbocycles. The molecule has 9 nitrogen and oxygen atoms in total. The number of likely N-dealkylation sites (tertiary alicyclic amines) is 1. The molecule has 0 aromatic heterocycles. The number of halogens is 1. The van der Waals surface area contributed by atoms with Crippen LogP contribution in [0.5, 0.6) is 5.75 Å². The van der Waals surface area contributed by atoms with Crippen molar-refractivity contribution >= 4 is 45.3 Å². The molecule has 1 fully saturated rings. The zero-order chi connectivity index (χ0) is 28.5. The lowest BCUT2D eigenvalue weighted by Crippen LogP contribution is -2.39. The molecule has 0 aliphatic carbocycles. The van der Waals surface area contributed by atoms with Crippen LogP contribution in [0.3, 0.4) is 0 Å². The molecule has 0 bridgehead atoms. The highest BCUT2D eigenvalue weighted by molar-refractivity contribution is 7.92. The first-order chi connectivity index (χ1) is 19.2. The summed E-state index contributed by atoms with van der Waals surface area (Å²) in [5.41, 5.74) is 4.21. The largest absolute Gasteiger partial charge is 0.484 e. The van der Waals surface area contributed by atoms with Gasteiger partial charge < -0.3 is 9.64 Å². The number of hydrazone groups is 1. The molecule has 0 unspecified atom stereocenters. The third-order valence-electron chi connectivity index (χ3n) is 6.35. The van der Waals surface area contributed by atoms with Crippen molar-refractivity contribution < 1.29 is 22.7 Å². The van der Waals surface area contributed by atoms with Crippen molar-refractivity contribution in [3.63, 3.8) is 0 Å². The van der Waals surface area contributed by atoms with E-state index >= 15 is 0 Å². The highest BCUT2D eigenvalue weighted by atomic mass is 35.5. The SMILES string of the molecule is Cc1ccc(S(=O)(=O)N(CC(=O)N/N=C\c2ccc(OCC(=O)N3CCCCC3)cc2)c2cccc(Cl)c2)cc1. The molecule has 3 aromatic carbocycles. The summed E-state index contributed by atoms with van der Waals surface area (Å²) in [4.78, 5) is 26.9. The molecule has 2 amide bonds. The van der Waals surface area contributed by atoms with Crippen LogP contribution in [0.25, 0.3) is 0 Å². The van der Waals surface area contributed by atoms with E-state index in [1.54, 1.807) is 54.6 Å². The zero-order valence-electron chi connectivity index (χ0n) is 22.1. The minimum Gasteiger partial charge on any atom is -0.484 e. The number of amides is 2. The van der Waals surface area contributed by atoms with Gasteiger partial charge in [-0.15, -0.1) is 0 Å². The standard InChI is InChI=1S/C29H31ClN4O5S/c1-22-8-14-27(15-9-22)40(37,38)34(25-7-5-6-24(30)18-25)20-28(35)32-31-19-23-10-12-26(13-11-23)39-21-29(36)33-16-3-2-4-17-33/h5-15,18-19H,2-4,16-17,20-21H2,1H3,(H,32,35)/b31-19-. The van der Waals surface area contributed by atoms with Gasteiger partial charge in [-0.05, 0) is 86.3 Å². The third-order valence-corrected chi connectivity index (χ3v) is 8.37. The van der Waals surface area contributed by atoms with Gasteiger partial charge in [-0.2, -0.15) is 5.10 Å². The van der Waals surface area contributed by atoms with Gasteiger partial charge in [0.2, 0.25) is 0 Å². The molecular weight excluding hydrogens is 552 g/mol. The second-order valence-electron chi connectivity index (χ2n) is 9.40. The fourth-order valence-corrected chi connectivity index (χ4v) is 5.76. The lowest BCUT2D eigenvalue weighted by Gasteiger charge is -2.26. The van der Waals surface area contributed by atoms with Crippen LogP contribution in [0.4, 0.5) is 5.69 Å². The van der Waals surface area contributed by atoms with Crippen LogP contribution in [-0.4, -0.2) is 57.6 Å². The Morgan fingerprint density at radius 1 is 1.02 bits per heavy atom. The van der Waals surface area contributed by atoms with Gasteiger partial charge in [0.25, 0.3) is 21.8 Å². The van der Waals surface area contributed by atoms with Crippen molar-refractivity contribution in [1.29, 1.82) is 0 Å². The first kappa shape index (κ1) is 29.1. The fourth-order valence-electron chi connectivity index (χ4n) is 4.16. The fraction of sp³-hybridized carbons (Fsp3) is 0.276. The van der Waals surface area contributed by atoms with E-state index in [1.807, 2.05) is 11.8 Å². The molecule has 0 atom stereocenters. The van der Waals surface area contributed by atoms with Gasteiger partial charge in [0.1, 0.15) is 12.3 Å². The van der Waals surface area contributed by atoms with E-state index in [0.29, 0.717) is 16.3 Å². The van der Waals surface area contributed by atoms with Crippen LogP contribution < -0.4 is 14.5 Å². The summed E-state index contributed by atoms with van der Waals surface area (Å²) in [6.45, 7) is 2.88. The van der Waals surface area contributed by atoms with Crippen LogP contribution in [-0.2, 0) is 19.6 Å². The first-order valence-corrected chi connectivity index (χ1v) is 14.7. The summed E-state index contributed by atoms with van der Waals surface area (Å²) >= 11 is 6.10. The molecule has 0 spiro atoms. The zero-order valence-corrected chi connectivity index (χ0v) is 23.7. The van der Waals surface area contributed by atoms with Gasteiger partial charge in [0, 0.05) is 18.1 Å². The molecule has 1 N–H and O–H groups in total. The summed E-state index contributed by atoms with van der Waals surface area (Å²) in [7, 11) is -4.06. The number of sulfonamides is 1. The second kappa shape index (κ2) is 13.5. The average molecular weight is 583 g/mol. The molecule has 4 rings (SSSR count). The van der Waals surface area contributed by atoms with Crippen LogP contribution in [0, 0.1) is 6.92 Å². The van der Waals surface area contributed by atoms with E-state index in [-0.39, 0.29) is 23.1 Å². The van der Waals surface area contributed by atoms with Crippen LogP contribution >= 0.6 is 11.6 Å². The topological polar surface area (TPSA) is 108 Å². The Hall–Kier alpha value is -3.89. The van der Waals surface area contributed by atoms with Gasteiger partial charge in [0.05, 0.1) is 16.8 Å². The molecular formula is C29H31ClN4O5S. The summed E-state index contributed by atoms with van der Waals surface area (Å²) in [6.07, 6.45) is 4.63. The Morgan fingerprint density at radius 2 is 1.73 bits per heavy atom. The van der Waals surface area contributed by atoms with Crippen LogP contribution in [0.15, 0.2) is 82.8 Å². The predicted octanol–water partition coefficient (Wildman–Crippen LogP) is 4.39. The average Bonchev–Trinajstić information content (AvgIpc) is 2.96. The molecule has 1 aliphatic rings. The normalized spacial score (nSPS) is 13.7. The number of rotatable bonds is 10. The second-order valence-corrected chi connectivity index (χ2v) is 11.7. The van der Waals surface area contributed by atoms with Crippen molar-refractivity contribution in [3.8, 4) is 5.75 Å². The van der Waals surface area contributed by atoms with E-state index in [1.165, 1.54) is 24.4 Å². The number of carbonyl (C=O) groups excluding carboxylic acids is 2. The maximum atomic E-state index is 13.4. The molecule has 0 radical (unpaired) electrons. The van der Waals surface area contributed by atoms with Crippen LogP contribution in [0.1, 0.15) is 30.4 Å². The maximum absolute atomic E-state index is 13.4. The Morgan fingerprint density at radius 3 is 2.40 bits per heavy atom. The highest BCUT2D eigenvalue weighted by Gasteiger charge is 2.27. The van der Waals surface area contributed by atoms with Gasteiger partial charge in [-0.25, -0.2) is 13.8 Å². The molecule has 40 heavy (non-hydrogen) atoms. The number of ether oxygens (including phenoxy) is 1. The van der Waals surface area contributed by atoms with E-state index in [4.69, 9.17) is 16.3 Å². The maximum Gasteiger partial charge on any atom is 0.264 e. The number of benzene rings is 3. The van der Waals surface area contributed by atoms with Crippen molar-refractivity contribution in [3.05, 3.63) is 88.9 Å². The van der Waals surface area contributed by atoms with Gasteiger partial charge in [-0.3, -0.25) is 13.9 Å². The number of carbonyl (C=O) groups is 2. The van der Waals surface area contributed by atoms with Crippen molar-refractivity contribution in [2.24, 2.45) is 5.10 Å². The Kier molecular flexibility index (Phi) is 9.79. The summed E-state index contributed by atoms with van der Waals surface area (Å²) in [5.74, 6) is -0.114. The molecule has 1 saturated heterocycles. The monoisotopic (exact) mass is 582 g/mol. The number of aryl methyl sites for hydroxylation is 1. The van der Waals surface area contributed by atoms with E-state index in [9.17, 15) is 18.0 Å². The van der Waals surface area contributed by atoms with Gasteiger partial charge in [-0.1, -0.05) is 35.4 Å².